The highest BCUT2D eigenvalue weighted by molar-refractivity contribution is 7.99. The number of benzene rings is 2. The number of hydrogen-bond acceptors (Lipinski definition) is 3. The molecule has 2 rings (SSSR count). The fourth-order valence-electron chi connectivity index (χ4n) is 3.09. The van der Waals surface area contributed by atoms with Gasteiger partial charge in [0, 0.05) is 34.5 Å². The van der Waals surface area contributed by atoms with Crippen LogP contribution in [0.1, 0.15) is 38.7 Å². The van der Waals surface area contributed by atoms with Gasteiger partial charge in [-0.3, -0.25) is 9.59 Å². The summed E-state index contributed by atoms with van der Waals surface area (Å²) < 4.78 is 0. The molecule has 0 spiro atoms. The predicted molar refractivity (Wildman–Crippen MR) is 126 cm³/mol. The summed E-state index contributed by atoms with van der Waals surface area (Å²) >= 11 is 13.6. The van der Waals surface area contributed by atoms with Crippen LogP contribution in [-0.2, 0) is 16.1 Å². The van der Waals surface area contributed by atoms with Gasteiger partial charge in [0.25, 0.3) is 0 Å². The SMILES string of the molecule is CCNC(=O)[C@@H](CC)N(Cc1ccc(Cl)cc1)C(=O)CCCSc1ccc(Cl)cc1. The van der Waals surface area contributed by atoms with E-state index in [1.165, 1.54) is 0 Å². The summed E-state index contributed by atoms with van der Waals surface area (Å²) in [6.07, 6.45) is 1.68. The van der Waals surface area contributed by atoms with Crippen LogP contribution in [0.15, 0.2) is 53.4 Å². The molecule has 2 amide bonds. The number of nitrogens with one attached hydrogen (secondary N) is 1. The van der Waals surface area contributed by atoms with Crippen molar-refractivity contribution in [3.63, 3.8) is 0 Å². The number of amides is 2. The van der Waals surface area contributed by atoms with E-state index in [1.807, 2.05) is 50.2 Å². The van der Waals surface area contributed by atoms with Crippen LogP contribution in [0.3, 0.4) is 0 Å². The Hall–Kier alpha value is -1.69. The molecule has 0 radical (unpaired) electrons. The largest absolute Gasteiger partial charge is 0.355 e. The first-order valence-electron chi connectivity index (χ1n) is 10.1. The molecule has 0 bridgehead atoms. The topological polar surface area (TPSA) is 49.4 Å². The van der Waals surface area contributed by atoms with Gasteiger partial charge in [-0.15, -0.1) is 11.8 Å². The van der Waals surface area contributed by atoms with Crippen molar-refractivity contribution >= 4 is 46.8 Å². The van der Waals surface area contributed by atoms with E-state index in [9.17, 15) is 9.59 Å². The van der Waals surface area contributed by atoms with Gasteiger partial charge in [0.05, 0.1) is 0 Å². The van der Waals surface area contributed by atoms with Crippen LogP contribution in [0.2, 0.25) is 10.0 Å². The van der Waals surface area contributed by atoms with Crippen LogP contribution in [0.4, 0.5) is 0 Å². The molecule has 1 N–H and O–H groups in total. The van der Waals surface area contributed by atoms with E-state index in [0.29, 0.717) is 36.0 Å². The Kier molecular flexibility index (Phi) is 10.6. The third kappa shape index (κ3) is 7.86. The first kappa shape index (κ1) is 24.6. The molecular formula is C23H28Cl2N2O2S. The predicted octanol–water partition coefficient (Wildman–Crippen LogP) is 5.81. The second-order valence-corrected chi connectivity index (χ2v) is 8.91. The fraction of sp³-hybridized carbons (Fsp3) is 0.391. The summed E-state index contributed by atoms with van der Waals surface area (Å²) in [7, 11) is 0. The molecule has 7 heteroatoms. The number of likely N-dealkylation sites (N-methyl/N-ethyl adjacent to an activating group) is 1. The van der Waals surface area contributed by atoms with Crippen molar-refractivity contribution in [2.45, 2.75) is 50.6 Å². The average molecular weight is 467 g/mol. The first-order valence-corrected chi connectivity index (χ1v) is 11.9. The molecule has 2 aromatic rings. The van der Waals surface area contributed by atoms with Crippen molar-refractivity contribution < 1.29 is 9.59 Å². The lowest BCUT2D eigenvalue weighted by atomic mass is 10.1. The molecule has 0 unspecified atom stereocenters. The monoisotopic (exact) mass is 466 g/mol. The van der Waals surface area contributed by atoms with Crippen LogP contribution < -0.4 is 5.32 Å². The minimum absolute atomic E-state index is 0.0141. The summed E-state index contributed by atoms with van der Waals surface area (Å²) in [6, 6.07) is 14.6. The van der Waals surface area contributed by atoms with E-state index in [2.05, 4.69) is 5.32 Å². The van der Waals surface area contributed by atoms with Crippen LogP contribution in [-0.4, -0.2) is 35.1 Å². The van der Waals surface area contributed by atoms with Crippen molar-refractivity contribution in [3.05, 3.63) is 64.1 Å². The maximum absolute atomic E-state index is 13.1. The first-order chi connectivity index (χ1) is 14.4. The third-order valence-electron chi connectivity index (χ3n) is 4.62. The summed E-state index contributed by atoms with van der Waals surface area (Å²) in [5.41, 5.74) is 0.950. The van der Waals surface area contributed by atoms with Crippen molar-refractivity contribution in [2.75, 3.05) is 12.3 Å². The van der Waals surface area contributed by atoms with Gasteiger partial charge in [0.2, 0.25) is 11.8 Å². The molecule has 0 saturated carbocycles. The zero-order valence-electron chi connectivity index (χ0n) is 17.4. The summed E-state index contributed by atoms with van der Waals surface area (Å²) in [6.45, 7) is 4.73. The Morgan fingerprint density at radius 1 is 1.00 bits per heavy atom. The maximum atomic E-state index is 13.1. The van der Waals surface area contributed by atoms with Gasteiger partial charge in [-0.2, -0.15) is 0 Å². The zero-order chi connectivity index (χ0) is 21.9. The lowest BCUT2D eigenvalue weighted by Crippen LogP contribution is -2.49. The number of carbonyl (C=O) groups is 2. The van der Waals surface area contributed by atoms with Gasteiger partial charge in [-0.1, -0.05) is 42.3 Å². The molecule has 2 aromatic carbocycles. The Labute approximate surface area is 193 Å². The molecule has 0 aliphatic heterocycles. The highest BCUT2D eigenvalue weighted by Crippen LogP contribution is 2.22. The van der Waals surface area contributed by atoms with Gasteiger partial charge in [0.1, 0.15) is 6.04 Å². The average Bonchev–Trinajstić information content (AvgIpc) is 2.74. The number of rotatable bonds is 11. The van der Waals surface area contributed by atoms with Gasteiger partial charge in [-0.25, -0.2) is 0 Å². The third-order valence-corrected chi connectivity index (χ3v) is 6.22. The van der Waals surface area contributed by atoms with Crippen LogP contribution in [0, 0.1) is 0 Å². The number of halogens is 2. The number of nitrogens with zero attached hydrogens (tertiary/aromatic N) is 1. The number of thioether (sulfide) groups is 1. The standard InChI is InChI=1S/C23H28Cl2N2O2S/c1-3-21(23(29)26-4-2)27(16-17-7-9-18(24)10-8-17)22(28)6-5-15-30-20-13-11-19(25)12-14-20/h7-14,21H,3-6,15-16H2,1-2H3,(H,26,29)/t21-/m1/s1. The molecule has 0 fully saturated rings. The molecule has 1 atom stereocenters. The van der Waals surface area contributed by atoms with Gasteiger partial charge in [-0.05, 0) is 67.5 Å². The molecule has 0 aliphatic carbocycles. The number of carbonyl (C=O) groups excluding carboxylic acids is 2. The highest BCUT2D eigenvalue weighted by atomic mass is 35.5. The summed E-state index contributed by atoms with van der Waals surface area (Å²) in [5, 5.41) is 4.21. The van der Waals surface area contributed by atoms with E-state index >= 15 is 0 Å². The fourth-order valence-corrected chi connectivity index (χ4v) is 4.19. The molecule has 4 nitrogen and oxygen atoms in total. The van der Waals surface area contributed by atoms with Crippen molar-refractivity contribution in [1.82, 2.24) is 10.2 Å². The quantitative estimate of drug-likeness (QED) is 0.335. The highest BCUT2D eigenvalue weighted by Gasteiger charge is 2.27. The minimum atomic E-state index is -0.489. The molecule has 0 heterocycles. The summed E-state index contributed by atoms with van der Waals surface area (Å²) in [4.78, 5) is 28.5. The molecule has 162 valence electrons. The van der Waals surface area contributed by atoms with Crippen LogP contribution in [0.25, 0.3) is 0 Å². The van der Waals surface area contributed by atoms with Gasteiger partial charge in [0.15, 0.2) is 0 Å². The minimum Gasteiger partial charge on any atom is -0.355 e. The summed E-state index contributed by atoms with van der Waals surface area (Å²) in [5.74, 6) is 0.692. The Balaban J connectivity index is 2.01. The van der Waals surface area contributed by atoms with E-state index in [0.717, 1.165) is 22.6 Å². The Morgan fingerprint density at radius 2 is 1.60 bits per heavy atom. The smallest absolute Gasteiger partial charge is 0.242 e. The van der Waals surface area contributed by atoms with E-state index in [4.69, 9.17) is 23.2 Å². The van der Waals surface area contributed by atoms with Crippen molar-refractivity contribution in [3.8, 4) is 0 Å². The van der Waals surface area contributed by atoms with E-state index in [-0.39, 0.29) is 11.8 Å². The Morgan fingerprint density at radius 3 is 2.17 bits per heavy atom. The second kappa shape index (κ2) is 12.9. The molecule has 0 saturated heterocycles. The van der Waals surface area contributed by atoms with Crippen molar-refractivity contribution in [1.29, 1.82) is 0 Å². The molecule has 0 aliphatic rings. The van der Waals surface area contributed by atoms with E-state index in [1.54, 1.807) is 28.8 Å². The van der Waals surface area contributed by atoms with Gasteiger partial charge < -0.3 is 10.2 Å². The molecule has 0 aromatic heterocycles. The zero-order valence-corrected chi connectivity index (χ0v) is 19.7. The van der Waals surface area contributed by atoms with E-state index < -0.39 is 6.04 Å². The van der Waals surface area contributed by atoms with Crippen LogP contribution in [0.5, 0.6) is 0 Å². The lowest BCUT2D eigenvalue weighted by Gasteiger charge is -2.30. The normalized spacial score (nSPS) is 11.7. The lowest BCUT2D eigenvalue weighted by molar-refractivity contribution is -0.141. The number of hydrogen-bond donors (Lipinski definition) is 1. The van der Waals surface area contributed by atoms with Gasteiger partial charge >= 0.3 is 0 Å². The van der Waals surface area contributed by atoms with Crippen molar-refractivity contribution in [2.24, 2.45) is 0 Å². The molecular weight excluding hydrogens is 439 g/mol. The Bertz CT molecular complexity index is 813. The maximum Gasteiger partial charge on any atom is 0.242 e. The molecule has 30 heavy (non-hydrogen) atoms. The van der Waals surface area contributed by atoms with Crippen LogP contribution >= 0.6 is 35.0 Å². The second-order valence-electron chi connectivity index (χ2n) is 6.87.